The maximum Gasteiger partial charge on any atom is 0.475 e. The number of nitrogens with one attached hydrogen (secondary N) is 2. The van der Waals surface area contributed by atoms with Gasteiger partial charge in [0.25, 0.3) is 0 Å². The fourth-order valence-electron chi connectivity index (χ4n) is 2.41. The lowest BCUT2D eigenvalue weighted by Gasteiger charge is -2.21. The van der Waals surface area contributed by atoms with Gasteiger partial charge in [0.15, 0.2) is 0 Å². The number of benzene rings is 2. The molecule has 0 aliphatic rings. The summed E-state index contributed by atoms with van der Waals surface area (Å²) in [4.78, 5) is 24.1. The summed E-state index contributed by atoms with van der Waals surface area (Å²) in [5.41, 5.74) is 1.68. The van der Waals surface area contributed by atoms with Crippen LogP contribution in [0, 0.1) is 0 Å². The molecule has 2 aromatic carbocycles. The molecule has 0 bridgehead atoms. The van der Waals surface area contributed by atoms with E-state index in [1.807, 2.05) is 60.7 Å². The fraction of sp³-hybridized carbons (Fsp3) is 0.263. The van der Waals surface area contributed by atoms with Crippen molar-refractivity contribution in [2.24, 2.45) is 0 Å². The van der Waals surface area contributed by atoms with Gasteiger partial charge in [-0.2, -0.15) is 0 Å². The predicted octanol–water partition coefficient (Wildman–Crippen LogP) is 1.04. The van der Waals surface area contributed by atoms with E-state index < -0.39 is 31.1 Å². The zero-order valence-electron chi connectivity index (χ0n) is 15.0. The monoisotopic (exact) mass is 370 g/mol. The van der Waals surface area contributed by atoms with Gasteiger partial charge in [0.2, 0.25) is 5.91 Å². The van der Waals surface area contributed by atoms with Gasteiger partial charge < -0.3 is 25.4 Å². The third-order valence-corrected chi connectivity index (χ3v) is 3.93. The molecule has 0 radical (unpaired) electrons. The fourth-order valence-corrected chi connectivity index (χ4v) is 2.41. The summed E-state index contributed by atoms with van der Waals surface area (Å²) in [5.74, 6) is -1.44. The van der Waals surface area contributed by atoms with Gasteiger partial charge >= 0.3 is 13.2 Å². The summed E-state index contributed by atoms with van der Waals surface area (Å²) in [7, 11) is -1.73. The number of alkyl carbamates (subject to hydrolysis) is 1. The molecule has 2 aromatic rings. The molecule has 2 amide bonds. The molecule has 4 N–H and O–H groups in total. The molecule has 0 aromatic heterocycles. The second-order valence-electron chi connectivity index (χ2n) is 6.15. The molecule has 0 saturated carbocycles. The van der Waals surface area contributed by atoms with Crippen LogP contribution >= 0.6 is 0 Å². The van der Waals surface area contributed by atoms with E-state index in [9.17, 15) is 19.6 Å². The Morgan fingerprint density at radius 1 is 0.963 bits per heavy atom. The number of carbonyl (C=O) groups is 2. The Balaban J connectivity index is 1.82. The molecule has 0 saturated heterocycles. The summed E-state index contributed by atoms with van der Waals surface area (Å²) in [6, 6.07) is 17.4. The van der Waals surface area contributed by atoms with E-state index in [-0.39, 0.29) is 13.0 Å². The third kappa shape index (κ3) is 7.12. The zero-order chi connectivity index (χ0) is 19.6. The van der Waals surface area contributed by atoms with Crippen molar-refractivity contribution in [1.82, 2.24) is 10.6 Å². The molecule has 27 heavy (non-hydrogen) atoms. The molecule has 2 unspecified atom stereocenters. The Hall–Kier alpha value is -2.84. The quantitative estimate of drug-likeness (QED) is 0.520. The van der Waals surface area contributed by atoms with Crippen LogP contribution < -0.4 is 10.6 Å². The lowest BCUT2D eigenvalue weighted by atomic mass is 9.76. The van der Waals surface area contributed by atoms with Crippen LogP contribution in [0.4, 0.5) is 4.79 Å². The van der Waals surface area contributed by atoms with Crippen LogP contribution in [0.2, 0.25) is 0 Å². The number of rotatable bonds is 8. The molecule has 0 heterocycles. The Bertz CT molecular complexity index is 727. The number of hydrogen-bond acceptors (Lipinski definition) is 5. The molecule has 142 valence electrons. The van der Waals surface area contributed by atoms with Crippen molar-refractivity contribution in [3.8, 4) is 0 Å². The second-order valence-corrected chi connectivity index (χ2v) is 6.15. The van der Waals surface area contributed by atoms with Crippen molar-refractivity contribution in [2.75, 3.05) is 0 Å². The number of amides is 2. The van der Waals surface area contributed by atoms with Crippen molar-refractivity contribution in [1.29, 1.82) is 0 Å². The zero-order valence-corrected chi connectivity index (χ0v) is 15.0. The van der Waals surface area contributed by atoms with Gasteiger partial charge in [-0.05, 0) is 24.5 Å². The van der Waals surface area contributed by atoms with Gasteiger partial charge in [-0.3, -0.25) is 4.79 Å². The number of ether oxygens (including phenoxy) is 1. The van der Waals surface area contributed by atoms with Crippen LogP contribution in [0.25, 0.3) is 0 Å². The molecule has 8 heteroatoms. The maximum atomic E-state index is 12.3. The molecule has 0 fully saturated rings. The smallest absolute Gasteiger partial charge is 0.445 e. The van der Waals surface area contributed by atoms with Crippen molar-refractivity contribution >= 4 is 19.1 Å². The van der Waals surface area contributed by atoms with Crippen molar-refractivity contribution in [3.05, 3.63) is 71.8 Å². The van der Waals surface area contributed by atoms with E-state index in [0.29, 0.717) is 0 Å². The number of hydrogen-bond donors (Lipinski definition) is 4. The van der Waals surface area contributed by atoms with Gasteiger partial charge in [-0.1, -0.05) is 60.7 Å². The predicted molar refractivity (Wildman–Crippen MR) is 101 cm³/mol. The standard InChI is InChI=1S/C19H23BN2O5/c1-14(21-19(24)27-13-16-10-6-3-7-11-16)18(23)22-17(20(25)26)12-15-8-4-2-5-9-15/h2-11,14,17,25-26H,12-13H2,1H3,(H,21,24)(H,22,23). The van der Waals surface area contributed by atoms with E-state index in [2.05, 4.69) is 10.6 Å². The van der Waals surface area contributed by atoms with Crippen LogP contribution in [0.3, 0.4) is 0 Å². The van der Waals surface area contributed by atoms with Gasteiger partial charge in [0.1, 0.15) is 12.6 Å². The van der Waals surface area contributed by atoms with Crippen LogP contribution in [-0.2, 0) is 22.6 Å². The summed E-state index contributed by atoms with van der Waals surface area (Å²) in [5, 5.41) is 24.0. The molecule has 0 spiro atoms. The van der Waals surface area contributed by atoms with E-state index >= 15 is 0 Å². The largest absolute Gasteiger partial charge is 0.475 e. The van der Waals surface area contributed by atoms with Crippen molar-refractivity contribution in [3.63, 3.8) is 0 Å². The molecular weight excluding hydrogens is 347 g/mol. The maximum absolute atomic E-state index is 12.3. The second kappa shape index (κ2) is 10.3. The van der Waals surface area contributed by atoms with Crippen molar-refractivity contribution in [2.45, 2.75) is 31.9 Å². The van der Waals surface area contributed by atoms with Gasteiger partial charge in [0.05, 0.1) is 5.94 Å². The SMILES string of the molecule is CC(NC(=O)OCc1ccccc1)C(=O)NC(Cc1ccccc1)B(O)O. The van der Waals surface area contributed by atoms with Gasteiger partial charge in [-0.25, -0.2) is 4.79 Å². The molecule has 0 aliphatic carbocycles. The lowest BCUT2D eigenvalue weighted by Crippen LogP contribution is -2.53. The van der Waals surface area contributed by atoms with Crippen LogP contribution in [0.5, 0.6) is 0 Å². The van der Waals surface area contributed by atoms with Gasteiger partial charge in [-0.15, -0.1) is 0 Å². The normalized spacial score (nSPS) is 12.6. The highest BCUT2D eigenvalue weighted by Crippen LogP contribution is 2.05. The molecule has 0 aliphatic heterocycles. The topological polar surface area (TPSA) is 108 Å². The molecule has 2 rings (SSSR count). The first-order valence-electron chi connectivity index (χ1n) is 8.63. The first-order chi connectivity index (χ1) is 13.0. The first-order valence-corrected chi connectivity index (χ1v) is 8.63. The van der Waals surface area contributed by atoms with E-state index in [4.69, 9.17) is 4.74 Å². The minimum absolute atomic E-state index is 0.0903. The third-order valence-electron chi connectivity index (χ3n) is 3.93. The highest BCUT2D eigenvalue weighted by molar-refractivity contribution is 6.43. The minimum atomic E-state index is -1.73. The number of carbonyl (C=O) groups excluding carboxylic acids is 2. The van der Waals surface area contributed by atoms with Crippen LogP contribution in [0.15, 0.2) is 60.7 Å². The first kappa shape index (κ1) is 20.5. The Morgan fingerprint density at radius 3 is 2.07 bits per heavy atom. The van der Waals surface area contributed by atoms with Gasteiger partial charge in [0, 0.05) is 0 Å². The average Bonchev–Trinajstić information content (AvgIpc) is 2.67. The summed E-state index contributed by atoms with van der Waals surface area (Å²) in [6.07, 6.45) is -0.485. The summed E-state index contributed by atoms with van der Waals surface area (Å²) >= 11 is 0. The van der Waals surface area contributed by atoms with Crippen LogP contribution in [0.1, 0.15) is 18.1 Å². The summed E-state index contributed by atoms with van der Waals surface area (Å²) < 4.78 is 5.07. The van der Waals surface area contributed by atoms with Crippen LogP contribution in [-0.4, -0.2) is 41.1 Å². The van der Waals surface area contributed by atoms with E-state index in [1.165, 1.54) is 6.92 Å². The highest BCUT2D eigenvalue weighted by atomic mass is 16.5. The average molecular weight is 370 g/mol. The van der Waals surface area contributed by atoms with Crippen molar-refractivity contribution < 1.29 is 24.4 Å². The Labute approximate surface area is 158 Å². The Kier molecular flexibility index (Phi) is 7.85. The minimum Gasteiger partial charge on any atom is -0.445 e. The molecule has 7 nitrogen and oxygen atoms in total. The lowest BCUT2D eigenvalue weighted by molar-refractivity contribution is -0.123. The Morgan fingerprint density at radius 2 is 1.52 bits per heavy atom. The summed E-state index contributed by atoms with van der Waals surface area (Å²) in [6.45, 7) is 1.58. The molecule has 2 atom stereocenters. The molecular formula is C19H23BN2O5. The van der Waals surface area contributed by atoms with E-state index in [1.54, 1.807) is 0 Å². The highest BCUT2D eigenvalue weighted by Gasteiger charge is 2.28. The van der Waals surface area contributed by atoms with E-state index in [0.717, 1.165) is 11.1 Å².